The molecule has 0 aromatic heterocycles. The van der Waals surface area contributed by atoms with Crippen LogP contribution in [0.1, 0.15) is 6.42 Å². The highest BCUT2D eigenvalue weighted by molar-refractivity contribution is 7.91. The molecular formula is C12H14F2N2O4S. The van der Waals surface area contributed by atoms with E-state index in [-0.39, 0.29) is 18.7 Å². The standard InChI is InChI=1S/C12H14F2N2O4S/c13-12(14)21(19,20)9-3-1-2-7(4-9)16-11(18)10-5-8(17)6-15-10/h1-4,8,10,12,15,17H,5-6H2,(H,16,18). The Morgan fingerprint density at radius 1 is 1.43 bits per heavy atom. The Morgan fingerprint density at radius 2 is 2.14 bits per heavy atom. The molecular weight excluding hydrogens is 306 g/mol. The van der Waals surface area contributed by atoms with Crippen LogP contribution in [0.15, 0.2) is 29.2 Å². The van der Waals surface area contributed by atoms with Gasteiger partial charge in [-0.3, -0.25) is 4.79 Å². The lowest BCUT2D eigenvalue weighted by Crippen LogP contribution is -2.35. The number of carbonyl (C=O) groups excluding carboxylic acids is 1. The van der Waals surface area contributed by atoms with Crippen molar-refractivity contribution < 1.29 is 27.1 Å². The molecule has 1 heterocycles. The summed E-state index contributed by atoms with van der Waals surface area (Å²) in [5, 5.41) is 14.5. The van der Waals surface area contributed by atoms with Gasteiger partial charge in [-0.2, -0.15) is 8.78 Å². The lowest BCUT2D eigenvalue weighted by atomic mass is 10.2. The average molecular weight is 320 g/mol. The molecule has 1 amide bonds. The molecule has 1 aromatic rings. The van der Waals surface area contributed by atoms with E-state index >= 15 is 0 Å². The predicted molar refractivity (Wildman–Crippen MR) is 70.7 cm³/mol. The van der Waals surface area contributed by atoms with Crippen molar-refractivity contribution in [2.45, 2.75) is 29.2 Å². The first kappa shape index (κ1) is 15.8. The number of halogens is 2. The molecule has 0 bridgehead atoms. The molecule has 1 saturated heterocycles. The smallest absolute Gasteiger partial charge is 0.341 e. The number of aliphatic hydroxyl groups excluding tert-OH is 1. The second-order valence-corrected chi connectivity index (χ2v) is 6.59. The third-order valence-corrected chi connectivity index (χ3v) is 4.47. The molecule has 1 aromatic carbocycles. The van der Waals surface area contributed by atoms with Crippen LogP contribution in [0.3, 0.4) is 0 Å². The maximum absolute atomic E-state index is 12.5. The van der Waals surface area contributed by atoms with Crippen LogP contribution in [0, 0.1) is 0 Å². The molecule has 1 aliphatic heterocycles. The van der Waals surface area contributed by atoms with Crippen LogP contribution in [0.25, 0.3) is 0 Å². The average Bonchev–Trinajstić information content (AvgIpc) is 2.85. The molecule has 0 saturated carbocycles. The van der Waals surface area contributed by atoms with Gasteiger partial charge in [-0.15, -0.1) is 0 Å². The van der Waals surface area contributed by atoms with Crippen LogP contribution in [0.2, 0.25) is 0 Å². The third kappa shape index (κ3) is 3.55. The highest BCUT2D eigenvalue weighted by atomic mass is 32.2. The molecule has 1 aliphatic rings. The van der Waals surface area contributed by atoms with Gasteiger partial charge in [0, 0.05) is 12.2 Å². The molecule has 0 spiro atoms. The van der Waals surface area contributed by atoms with E-state index in [1.807, 2.05) is 0 Å². The van der Waals surface area contributed by atoms with Crippen molar-refractivity contribution in [2.75, 3.05) is 11.9 Å². The van der Waals surface area contributed by atoms with E-state index in [9.17, 15) is 27.1 Å². The van der Waals surface area contributed by atoms with Gasteiger partial charge in [-0.1, -0.05) is 6.07 Å². The number of aliphatic hydroxyl groups is 1. The second kappa shape index (κ2) is 6.04. The number of hydrogen-bond donors (Lipinski definition) is 3. The van der Waals surface area contributed by atoms with Crippen LogP contribution >= 0.6 is 0 Å². The Balaban J connectivity index is 2.13. The number of benzene rings is 1. The number of sulfone groups is 1. The molecule has 9 heteroatoms. The van der Waals surface area contributed by atoms with E-state index in [1.54, 1.807) is 0 Å². The van der Waals surface area contributed by atoms with Crippen LogP contribution in [0.4, 0.5) is 14.5 Å². The van der Waals surface area contributed by atoms with Gasteiger partial charge in [-0.05, 0) is 24.6 Å². The summed E-state index contributed by atoms with van der Waals surface area (Å²) < 4.78 is 47.7. The van der Waals surface area contributed by atoms with Crippen molar-refractivity contribution in [2.24, 2.45) is 0 Å². The molecule has 116 valence electrons. The SMILES string of the molecule is O=C(Nc1cccc(S(=O)(=O)C(F)F)c1)C1CC(O)CN1. The highest BCUT2D eigenvalue weighted by Gasteiger charge is 2.29. The molecule has 3 N–H and O–H groups in total. The third-order valence-electron chi connectivity index (χ3n) is 3.09. The summed E-state index contributed by atoms with van der Waals surface area (Å²) in [6, 6.07) is 4.07. The Morgan fingerprint density at radius 3 is 2.71 bits per heavy atom. The van der Waals surface area contributed by atoms with Gasteiger partial charge in [0.25, 0.3) is 0 Å². The number of amides is 1. The van der Waals surface area contributed by atoms with E-state index in [0.29, 0.717) is 0 Å². The summed E-state index contributed by atoms with van der Waals surface area (Å²) in [5.41, 5.74) is 0.102. The van der Waals surface area contributed by atoms with Gasteiger partial charge >= 0.3 is 5.76 Å². The highest BCUT2D eigenvalue weighted by Crippen LogP contribution is 2.21. The summed E-state index contributed by atoms with van der Waals surface area (Å²) in [6.07, 6.45) is -0.382. The van der Waals surface area contributed by atoms with E-state index in [4.69, 9.17) is 0 Å². The Labute approximate surface area is 120 Å². The monoisotopic (exact) mass is 320 g/mol. The topological polar surface area (TPSA) is 95.5 Å². The predicted octanol–water partition coefficient (Wildman–Crippen LogP) is 0.344. The van der Waals surface area contributed by atoms with Gasteiger partial charge in [0.05, 0.1) is 17.0 Å². The normalized spacial score (nSPS) is 22.5. The zero-order valence-corrected chi connectivity index (χ0v) is 11.6. The van der Waals surface area contributed by atoms with Crippen LogP contribution in [-0.2, 0) is 14.6 Å². The molecule has 21 heavy (non-hydrogen) atoms. The fourth-order valence-corrected chi connectivity index (χ4v) is 2.77. The summed E-state index contributed by atoms with van der Waals surface area (Å²) in [7, 11) is -4.70. The molecule has 0 aliphatic carbocycles. The van der Waals surface area contributed by atoms with E-state index in [1.165, 1.54) is 12.1 Å². The van der Waals surface area contributed by atoms with Crippen molar-refractivity contribution in [3.63, 3.8) is 0 Å². The minimum Gasteiger partial charge on any atom is -0.392 e. The minimum atomic E-state index is -4.70. The first-order chi connectivity index (χ1) is 9.80. The van der Waals surface area contributed by atoms with Gasteiger partial charge < -0.3 is 15.7 Å². The zero-order valence-electron chi connectivity index (χ0n) is 10.8. The summed E-state index contributed by atoms with van der Waals surface area (Å²) in [6.45, 7) is 0.290. The number of β-amino-alcohol motifs (C(OH)–C–C–N with tert-alkyl or cyclic N) is 1. The first-order valence-electron chi connectivity index (χ1n) is 6.15. The van der Waals surface area contributed by atoms with Crippen molar-refractivity contribution >= 4 is 21.4 Å². The van der Waals surface area contributed by atoms with Gasteiger partial charge in [-0.25, -0.2) is 8.42 Å². The first-order valence-corrected chi connectivity index (χ1v) is 7.70. The molecule has 0 radical (unpaired) electrons. The Kier molecular flexibility index (Phi) is 4.55. The summed E-state index contributed by atoms with van der Waals surface area (Å²) in [5.74, 6) is -3.98. The molecule has 1 fully saturated rings. The molecule has 2 atom stereocenters. The minimum absolute atomic E-state index is 0.102. The molecule has 6 nitrogen and oxygen atoms in total. The van der Waals surface area contributed by atoms with Crippen molar-refractivity contribution in [3.8, 4) is 0 Å². The summed E-state index contributed by atoms with van der Waals surface area (Å²) >= 11 is 0. The molecule has 2 unspecified atom stereocenters. The maximum atomic E-state index is 12.5. The van der Waals surface area contributed by atoms with Crippen molar-refractivity contribution in [1.82, 2.24) is 5.32 Å². The number of nitrogens with one attached hydrogen (secondary N) is 2. The lowest BCUT2D eigenvalue weighted by Gasteiger charge is -2.12. The van der Waals surface area contributed by atoms with E-state index in [0.717, 1.165) is 12.1 Å². The Hall–Kier alpha value is -1.58. The van der Waals surface area contributed by atoms with Gasteiger partial charge in [0.1, 0.15) is 0 Å². The number of rotatable bonds is 4. The fraction of sp³-hybridized carbons (Fsp3) is 0.417. The molecule has 2 rings (SSSR count). The number of alkyl halides is 2. The number of hydrogen-bond acceptors (Lipinski definition) is 5. The van der Waals surface area contributed by atoms with Crippen LogP contribution < -0.4 is 10.6 Å². The summed E-state index contributed by atoms with van der Waals surface area (Å²) in [4.78, 5) is 11.3. The van der Waals surface area contributed by atoms with E-state index < -0.39 is 38.5 Å². The maximum Gasteiger partial charge on any atom is 0.341 e. The van der Waals surface area contributed by atoms with Gasteiger partial charge in [0.2, 0.25) is 15.7 Å². The van der Waals surface area contributed by atoms with Crippen molar-refractivity contribution in [1.29, 1.82) is 0 Å². The largest absolute Gasteiger partial charge is 0.392 e. The van der Waals surface area contributed by atoms with Crippen molar-refractivity contribution in [3.05, 3.63) is 24.3 Å². The Bertz CT molecular complexity index is 636. The fourth-order valence-electron chi connectivity index (χ4n) is 2.00. The zero-order chi connectivity index (χ0) is 15.6. The number of anilines is 1. The quantitative estimate of drug-likeness (QED) is 0.744. The van der Waals surface area contributed by atoms with Crippen LogP contribution in [-0.4, -0.2) is 43.9 Å². The van der Waals surface area contributed by atoms with Crippen LogP contribution in [0.5, 0.6) is 0 Å². The lowest BCUT2D eigenvalue weighted by molar-refractivity contribution is -0.117. The van der Waals surface area contributed by atoms with E-state index in [2.05, 4.69) is 10.6 Å². The second-order valence-electron chi connectivity index (χ2n) is 4.67. The van der Waals surface area contributed by atoms with Gasteiger partial charge in [0.15, 0.2) is 0 Å². The number of carbonyl (C=O) groups is 1.